The molecular formula is C12H25ClN2O. The van der Waals surface area contributed by atoms with Gasteiger partial charge in [-0.2, -0.15) is 0 Å². The molecule has 1 amide bonds. The Hall–Kier alpha value is -0.280. The molecule has 1 atom stereocenters. The number of halogens is 1. The van der Waals surface area contributed by atoms with Crippen molar-refractivity contribution in [1.82, 2.24) is 4.90 Å². The van der Waals surface area contributed by atoms with Gasteiger partial charge in [0.1, 0.15) is 0 Å². The van der Waals surface area contributed by atoms with Crippen LogP contribution in [0.4, 0.5) is 0 Å². The minimum absolute atomic E-state index is 0. The van der Waals surface area contributed by atoms with Gasteiger partial charge in [-0.25, -0.2) is 0 Å². The minimum Gasteiger partial charge on any atom is -0.336 e. The van der Waals surface area contributed by atoms with Gasteiger partial charge in [0, 0.05) is 12.1 Å². The van der Waals surface area contributed by atoms with Gasteiger partial charge < -0.3 is 10.6 Å². The molecule has 4 heteroatoms. The van der Waals surface area contributed by atoms with E-state index in [0.29, 0.717) is 6.04 Å². The number of carbonyl (C=O) groups is 1. The Morgan fingerprint density at radius 3 is 2.31 bits per heavy atom. The number of nitrogens with zero attached hydrogens (tertiary/aromatic N) is 1. The van der Waals surface area contributed by atoms with Crippen LogP contribution in [-0.2, 0) is 4.79 Å². The summed E-state index contributed by atoms with van der Waals surface area (Å²) in [5.74, 6) is 0.150. The van der Waals surface area contributed by atoms with Crippen molar-refractivity contribution in [3.8, 4) is 0 Å². The first-order valence-corrected chi connectivity index (χ1v) is 6.15. The fraction of sp³-hybridized carbons (Fsp3) is 0.917. The van der Waals surface area contributed by atoms with Crippen LogP contribution in [-0.4, -0.2) is 28.9 Å². The molecule has 3 nitrogen and oxygen atoms in total. The van der Waals surface area contributed by atoms with Crippen molar-refractivity contribution in [1.29, 1.82) is 0 Å². The van der Waals surface area contributed by atoms with Crippen LogP contribution >= 0.6 is 12.4 Å². The molecule has 0 heterocycles. The minimum atomic E-state index is -0.294. The highest BCUT2D eigenvalue weighted by molar-refractivity contribution is 5.85. The monoisotopic (exact) mass is 248 g/mol. The van der Waals surface area contributed by atoms with E-state index in [4.69, 9.17) is 5.73 Å². The van der Waals surface area contributed by atoms with Crippen molar-refractivity contribution in [3.63, 3.8) is 0 Å². The number of carbonyl (C=O) groups excluding carboxylic acids is 1. The summed E-state index contributed by atoms with van der Waals surface area (Å²) in [5, 5.41) is 0. The van der Waals surface area contributed by atoms with Gasteiger partial charge in [0.25, 0.3) is 0 Å². The van der Waals surface area contributed by atoms with Gasteiger partial charge in [-0.15, -0.1) is 12.4 Å². The van der Waals surface area contributed by atoms with Gasteiger partial charge in [0.05, 0.1) is 6.04 Å². The second-order valence-electron chi connectivity index (χ2n) is 4.82. The normalized spacial score (nSPS) is 17.6. The zero-order chi connectivity index (χ0) is 11.4. The Labute approximate surface area is 105 Å². The fourth-order valence-electron chi connectivity index (χ4n) is 2.15. The highest BCUT2D eigenvalue weighted by Gasteiger charge is 2.32. The molecule has 1 rings (SSSR count). The maximum Gasteiger partial charge on any atom is 0.239 e. The van der Waals surface area contributed by atoms with Crippen LogP contribution in [0.15, 0.2) is 0 Å². The van der Waals surface area contributed by atoms with Crippen LogP contribution in [0, 0.1) is 0 Å². The SMILES string of the molecule is CCCC(N)C(=O)N(C(C)C)C1CCC1.Cl. The molecule has 1 aliphatic rings. The Bertz CT molecular complexity index is 217. The highest BCUT2D eigenvalue weighted by atomic mass is 35.5. The van der Waals surface area contributed by atoms with E-state index in [1.165, 1.54) is 6.42 Å². The van der Waals surface area contributed by atoms with Gasteiger partial charge in [0.2, 0.25) is 5.91 Å². The average molecular weight is 249 g/mol. The quantitative estimate of drug-likeness (QED) is 0.812. The van der Waals surface area contributed by atoms with Gasteiger partial charge >= 0.3 is 0 Å². The number of hydrogen-bond donors (Lipinski definition) is 1. The van der Waals surface area contributed by atoms with Crippen molar-refractivity contribution >= 4 is 18.3 Å². The highest BCUT2D eigenvalue weighted by Crippen LogP contribution is 2.27. The Kier molecular flexibility index (Phi) is 7.00. The molecule has 0 radical (unpaired) electrons. The number of hydrogen-bond acceptors (Lipinski definition) is 2. The molecule has 0 aliphatic heterocycles. The first-order valence-electron chi connectivity index (χ1n) is 6.15. The van der Waals surface area contributed by atoms with E-state index < -0.39 is 0 Å². The Morgan fingerprint density at radius 1 is 1.44 bits per heavy atom. The average Bonchev–Trinajstić information content (AvgIpc) is 2.09. The molecule has 0 aromatic rings. The van der Waals surface area contributed by atoms with Crippen LogP contribution in [0.25, 0.3) is 0 Å². The predicted octanol–water partition coefficient (Wildman–Crippen LogP) is 2.33. The Balaban J connectivity index is 0.00000225. The first-order chi connectivity index (χ1) is 7.07. The van der Waals surface area contributed by atoms with Crippen LogP contribution in [0.1, 0.15) is 52.9 Å². The summed E-state index contributed by atoms with van der Waals surface area (Å²) < 4.78 is 0. The van der Waals surface area contributed by atoms with Gasteiger partial charge in [-0.05, 0) is 39.5 Å². The first kappa shape index (κ1) is 15.7. The van der Waals surface area contributed by atoms with Crippen LogP contribution in [0.5, 0.6) is 0 Å². The van der Waals surface area contributed by atoms with Gasteiger partial charge in [0.15, 0.2) is 0 Å². The van der Waals surface area contributed by atoms with Crippen LogP contribution < -0.4 is 5.73 Å². The smallest absolute Gasteiger partial charge is 0.239 e. The standard InChI is InChI=1S/C12H24N2O.ClH/c1-4-6-11(13)12(15)14(9(2)3)10-7-5-8-10;/h9-11H,4-8,13H2,1-3H3;1H. The molecule has 0 aromatic carbocycles. The number of nitrogens with two attached hydrogens (primary N) is 1. The molecule has 0 aromatic heterocycles. The molecule has 0 bridgehead atoms. The molecule has 2 N–H and O–H groups in total. The number of rotatable bonds is 5. The van der Waals surface area contributed by atoms with E-state index in [9.17, 15) is 4.79 Å². The summed E-state index contributed by atoms with van der Waals surface area (Å²) >= 11 is 0. The molecule has 1 saturated carbocycles. The lowest BCUT2D eigenvalue weighted by Crippen LogP contribution is -2.53. The van der Waals surface area contributed by atoms with Gasteiger partial charge in [-0.1, -0.05) is 13.3 Å². The Morgan fingerprint density at radius 2 is 2.00 bits per heavy atom. The molecule has 0 spiro atoms. The van der Waals surface area contributed by atoms with Crippen molar-refractivity contribution in [2.45, 2.75) is 71.0 Å². The fourth-order valence-corrected chi connectivity index (χ4v) is 2.15. The third-order valence-corrected chi connectivity index (χ3v) is 3.20. The third-order valence-electron chi connectivity index (χ3n) is 3.20. The maximum absolute atomic E-state index is 12.1. The van der Waals surface area contributed by atoms with E-state index in [2.05, 4.69) is 20.8 Å². The lowest BCUT2D eigenvalue weighted by molar-refractivity contribution is -0.139. The lowest BCUT2D eigenvalue weighted by Gasteiger charge is -2.41. The molecule has 96 valence electrons. The maximum atomic E-state index is 12.1. The van der Waals surface area contributed by atoms with Crippen molar-refractivity contribution in [2.24, 2.45) is 5.73 Å². The van der Waals surface area contributed by atoms with Crippen LogP contribution in [0.3, 0.4) is 0 Å². The van der Waals surface area contributed by atoms with E-state index in [1.54, 1.807) is 0 Å². The number of amides is 1. The van der Waals surface area contributed by atoms with Crippen molar-refractivity contribution in [3.05, 3.63) is 0 Å². The molecule has 1 fully saturated rings. The summed E-state index contributed by atoms with van der Waals surface area (Å²) in [7, 11) is 0. The second-order valence-corrected chi connectivity index (χ2v) is 4.82. The van der Waals surface area contributed by atoms with Crippen LogP contribution in [0.2, 0.25) is 0 Å². The van der Waals surface area contributed by atoms with Crippen molar-refractivity contribution < 1.29 is 4.79 Å². The second kappa shape index (κ2) is 7.13. The van der Waals surface area contributed by atoms with E-state index in [0.717, 1.165) is 25.7 Å². The van der Waals surface area contributed by atoms with E-state index in [1.807, 2.05) is 4.90 Å². The van der Waals surface area contributed by atoms with Gasteiger partial charge in [-0.3, -0.25) is 4.79 Å². The molecular weight excluding hydrogens is 224 g/mol. The summed E-state index contributed by atoms with van der Waals surface area (Å²) in [5.41, 5.74) is 5.89. The van der Waals surface area contributed by atoms with E-state index in [-0.39, 0.29) is 30.4 Å². The zero-order valence-corrected chi connectivity index (χ0v) is 11.4. The summed E-state index contributed by atoms with van der Waals surface area (Å²) in [4.78, 5) is 14.1. The topological polar surface area (TPSA) is 46.3 Å². The van der Waals surface area contributed by atoms with Crippen molar-refractivity contribution in [2.75, 3.05) is 0 Å². The molecule has 16 heavy (non-hydrogen) atoms. The predicted molar refractivity (Wildman–Crippen MR) is 69.8 cm³/mol. The third kappa shape index (κ3) is 3.63. The lowest BCUT2D eigenvalue weighted by atomic mass is 9.90. The summed E-state index contributed by atoms with van der Waals surface area (Å²) in [6, 6.07) is 0.448. The largest absolute Gasteiger partial charge is 0.336 e. The zero-order valence-electron chi connectivity index (χ0n) is 10.6. The molecule has 1 aliphatic carbocycles. The summed E-state index contributed by atoms with van der Waals surface area (Å²) in [6.07, 6.45) is 5.34. The molecule has 1 unspecified atom stereocenters. The molecule has 0 saturated heterocycles. The summed E-state index contributed by atoms with van der Waals surface area (Å²) in [6.45, 7) is 6.22. The van der Waals surface area contributed by atoms with E-state index >= 15 is 0 Å².